The first-order chi connectivity index (χ1) is 15.1. The number of rotatable bonds is 9. The number of carbonyl (C=O) groups excluding carboxylic acids is 2. The molecule has 164 valence electrons. The number of hydrogen-bond donors (Lipinski definition) is 1. The molecule has 0 radical (unpaired) electrons. The van der Waals surface area contributed by atoms with Gasteiger partial charge in [0.15, 0.2) is 13.2 Å². The maximum atomic E-state index is 12.1. The molecule has 2 aromatic rings. The quantitative estimate of drug-likeness (QED) is 0.493. The van der Waals surface area contributed by atoms with E-state index in [4.69, 9.17) is 14.2 Å². The van der Waals surface area contributed by atoms with Gasteiger partial charge >= 0.3 is 0 Å². The Morgan fingerprint density at radius 3 is 2.13 bits per heavy atom. The minimum atomic E-state index is -0.372. The molecule has 31 heavy (non-hydrogen) atoms. The number of likely N-dealkylation sites (tertiary alicyclic amines) is 1. The fraction of sp³-hybridized carbons (Fsp3) is 0.348. The number of hydrazone groups is 1. The second-order valence-electron chi connectivity index (χ2n) is 7.06. The lowest BCUT2D eigenvalue weighted by molar-refractivity contribution is -0.134. The number of hydrogen-bond acceptors (Lipinski definition) is 6. The number of nitrogens with zero attached hydrogens (tertiary/aromatic N) is 2. The van der Waals surface area contributed by atoms with E-state index in [0.717, 1.165) is 31.5 Å². The molecular formula is C23H27N3O5. The van der Waals surface area contributed by atoms with Crippen LogP contribution in [0.5, 0.6) is 17.2 Å². The number of benzene rings is 2. The van der Waals surface area contributed by atoms with E-state index in [-0.39, 0.29) is 25.0 Å². The van der Waals surface area contributed by atoms with Gasteiger partial charge in [-0.1, -0.05) is 0 Å². The molecule has 1 aliphatic rings. The Morgan fingerprint density at radius 2 is 1.48 bits per heavy atom. The average molecular weight is 425 g/mol. The molecule has 2 aromatic carbocycles. The molecule has 8 nitrogen and oxygen atoms in total. The van der Waals surface area contributed by atoms with Crippen molar-refractivity contribution in [2.24, 2.45) is 5.10 Å². The minimum absolute atomic E-state index is 0.0184. The second kappa shape index (κ2) is 11.6. The topological polar surface area (TPSA) is 89.5 Å². The molecule has 0 aromatic heterocycles. The lowest BCUT2D eigenvalue weighted by Crippen LogP contribution is -2.38. The monoisotopic (exact) mass is 425 g/mol. The van der Waals surface area contributed by atoms with Gasteiger partial charge in [-0.25, -0.2) is 5.43 Å². The van der Waals surface area contributed by atoms with Crippen molar-refractivity contribution in [2.45, 2.75) is 19.3 Å². The zero-order valence-corrected chi connectivity index (χ0v) is 17.6. The summed E-state index contributed by atoms with van der Waals surface area (Å²) in [4.78, 5) is 25.8. The number of ether oxygens (including phenoxy) is 3. The van der Waals surface area contributed by atoms with Crippen molar-refractivity contribution in [1.29, 1.82) is 0 Å². The van der Waals surface area contributed by atoms with E-state index in [1.54, 1.807) is 55.6 Å². The summed E-state index contributed by atoms with van der Waals surface area (Å²) in [5, 5.41) is 3.92. The standard InChI is InChI=1S/C23H27N3O5/c1-29-19-9-11-21(12-10-19)30-16-22(27)25-24-15-18-5-7-20(8-6-18)31-17-23(28)26-13-3-2-4-14-26/h5-12,15H,2-4,13-14,16-17H2,1H3,(H,25,27)/b24-15-. The maximum absolute atomic E-state index is 12.1. The largest absolute Gasteiger partial charge is 0.497 e. The number of carbonyl (C=O) groups is 2. The Hall–Kier alpha value is -3.55. The molecule has 1 heterocycles. The molecule has 0 atom stereocenters. The molecule has 0 spiro atoms. The molecule has 0 unspecified atom stereocenters. The number of amides is 2. The van der Waals surface area contributed by atoms with Crippen LogP contribution >= 0.6 is 0 Å². The van der Waals surface area contributed by atoms with Crippen molar-refractivity contribution in [2.75, 3.05) is 33.4 Å². The van der Waals surface area contributed by atoms with Crippen molar-refractivity contribution in [3.05, 3.63) is 54.1 Å². The highest BCUT2D eigenvalue weighted by Gasteiger charge is 2.16. The summed E-state index contributed by atoms with van der Waals surface area (Å²) in [6.45, 7) is 1.52. The van der Waals surface area contributed by atoms with Gasteiger partial charge in [0.2, 0.25) is 0 Å². The van der Waals surface area contributed by atoms with E-state index in [1.807, 2.05) is 4.90 Å². The van der Waals surface area contributed by atoms with Crippen LogP contribution in [0.1, 0.15) is 24.8 Å². The molecule has 0 saturated carbocycles. The van der Waals surface area contributed by atoms with Gasteiger partial charge in [-0.05, 0) is 73.4 Å². The molecule has 3 rings (SSSR count). The first-order valence-electron chi connectivity index (χ1n) is 10.2. The molecule has 0 aliphatic carbocycles. The third-order valence-corrected chi connectivity index (χ3v) is 4.78. The van der Waals surface area contributed by atoms with Gasteiger partial charge in [-0.2, -0.15) is 5.10 Å². The Balaban J connectivity index is 1.37. The molecule has 1 aliphatic heterocycles. The SMILES string of the molecule is COc1ccc(OCC(=O)N/N=C\c2ccc(OCC(=O)N3CCCCC3)cc2)cc1. The van der Waals surface area contributed by atoms with Crippen LogP contribution in [0.2, 0.25) is 0 Å². The first-order valence-corrected chi connectivity index (χ1v) is 10.2. The summed E-state index contributed by atoms with van der Waals surface area (Å²) in [7, 11) is 1.58. The summed E-state index contributed by atoms with van der Waals surface area (Å²) in [5.41, 5.74) is 3.20. The summed E-state index contributed by atoms with van der Waals surface area (Å²) in [6, 6.07) is 14.1. The van der Waals surface area contributed by atoms with Gasteiger partial charge in [0.1, 0.15) is 17.2 Å². The van der Waals surface area contributed by atoms with E-state index >= 15 is 0 Å². The summed E-state index contributed by atoms with van der Waals surface area (Å²) >= 11 is 0. The van der Waals surface area contributed by atoms with E-state index in [9.17, 15) is 9.59 Å². The lowest BCUT2D eigenvalue weighted by atomic mass is 10.1. The Bertz CT molecular complexity index is 875. The minimum Gasteiger partial charge on any atom is -0.497 e. The fourth-order valence-electron chi connectivity index (χ4n) is 3.06. The molecule has 1 fully saturated rings. The van der Waals surface area contributed by atoms with Gasteiger partial charge in [-0.3, -0.25) is 9.59 Å². The van der Waals surface area contributed by atoms with Crippen molar-refractivity contribution in [3.8, 4) is 17.2 Å². The van der Waals surface area contributed by atoms with Gasteiger partial charge in [-0.15, -0.1) is 0 Å². The van der Waals surface area contributed by atoms with Gasteiger partial charge < -0.3 is 19.1 Å². The highest BCUT2D eigenvalue weighted by atomic mass is 16.5. The molecule has 2 amide bonds. The van der Waals surface area contributed by atoms with Gasteiger partial charge in [0.25, 0.3) is 11.8 Å². The molecular weight excluding hydrogens is 398 g/mol. The van der Waals surface area contributed by atoms with Crippen LogP contribution in [-0.4, -0.2) is 56.3 Å². The van der Waals surface area contributed by atoms with Crippen molar-refractivity contribution in [3.63, 3.8) is 0 Å². The van der Waals surface area contributed by atoms with Crippen LogP contribution in [-0.2, 0) is 9.59 Å². The predicted molar refractivity (Wildman–Crippen MR) is 117 cm³/mol. The van der Waals surface area contributed by atoms with Crippen LogP contribution < -0.4 is 19.6 Å². The predicted octanol–water partition coefficient (Wildman–Crippen LogP) is 2.62. The van der Waals surface area contributed by atoms with Crippen molar-refractivity contribution >= 4 is 18.0 Å². The van der Waals surface area contributed by atoms with Crippen LogP contribution in [0.3, 0.4) is 0 Å². The van der Waals surface area contributed by atoms with Crippen LogP contribution in [0, 0.1) is 0 Å². The number of piperidine rings is 1. The summed E-state index contributed by atoms with van der Waals surface area (Å²) < 4.78 is 16.0. The van der Waals surface area contributed by atoms with Crippen molar-refractivity contribution < 1.29 is 23.8 Å². The average Bonchev–Trinajstić information content (AvgIpc) is 2.83. The summed E-state index contributed by atoms with van der Waals surface area (Å²) in [6.07, 6.45) is 4.82. The van der Waals surface area contributed by atoms with E-state index < -0.39 is 0 Å². The van der Waals surface area contributed by atoms with Crippen molar-refractivity contribution in [1.82, 2.24) is 10.3 Å². The third-order valence-electron chi connectivity index (χ3n) is 4.78. The van der Waals surface area contributed by atoms with E-state index in [0.29, 0.717) is 17.2 Å². The van der Waals surface area contributed by atoms with Crippen LogP contribution in [0.15, 0.2) is 53.6 Å². The fourth-order valence-corrected chi connectivity index (χ4v) is 3.06. The first kappa shape index (κ1) is 22.1. The maximum Gasteiger partial charge on any atom is 0.277 e. The lowest BCUT2D eigenvalue weighted by Gasteiger charge is -2.26. The van der Waals surface area contributed by atoms with Crippen LogP contribution in [0.25, 0.3) is 0 Å². The molecule has 8 heteroatoms. The Kier molecular flexibility index (Phi) is 8.28. The third kappa shape index (κ3) is 7.33. The second-order valence-corrected chi connectivity index (χ2v) is 7.06. The smallest absolute Gasteiger partial charge is 0.277 e. The molecule has 0 bridgehead atoms. The molecule has 1 N–H and O–H groups in total. The van der Waals surface area contributed by atoms with E-state index in [2.05, 4.69) is 10.5 Å². The van der Waals surface area contributed by atoms with Gasteiger partial charge in [0.05, 0.1) is 13.3 Å². The Morgan fingerprint density at radius 1 is 0.903 bits per heavy atom. The van der Waals surface area contributed by atoms with Crippen LogP contribution in [0.4, 0.5) is 0 Å². The molecule has 1 saturated heterocycles. The van der Waals surface area contributed by atoms with E-state index in [1.165, 1.54) is 12.6 Å². The highest BCUT2D eigenvalue weighted by molar-refractivity contribution is 5.83. The zero-order valence-electron chi connectivity index (χ0n) is 17.6. The summed E-state index contributed by atoms with van der Waals surface area (Å²) in [5.74, 6) is 1.54. The highest BCUT2D eigenvalue weighted by Crippen LogP contribution is 2.17. The zero-order chi connectivity index (χ0) is 21.9. The van der Waals surface area contributed by atoms with Gasteiger partial charge in [0, 0.05) is 13.1 Å². The Labute approximate surface area is 181 Å². The number of nitrogens with one attached hydrogen (secondary N) is 1. The normalized spacial score (nSPS) is 13.6. The number of methoxy groups -OCH3 is 1.